The van der Waals surface area contributed by atoms with Gasteiger partial charge in [0.05, 0.1) is 38.1 Å². The summed E-state index contributed by atoms with van der Waals surface area (Å²) in [4.78, 5) is 19.8. The first-order valence-corrected chi connectivity index (χ1v) is 21.1. The molecule has 0 bridgehead atoms. The van der Waals surface area contributed by atoms with E-state index in [2.05, 4.69) is 40.0 Å². The van der Waals surface area contributed by atoms with Crippen LogP contribution < -0.4 is 26.4 Å². The molecular weight excluding hydrogens is 968 g/mol. The van der Waals surface area contributed by atoms with Crippen LogP contribution in [0.2, 0.25) is 10.0 Å². The normalized spacial score (nSPS) is 11.1. The fourth-order valence-corrected chi connectivity index (χ4v) is 8.22. The van der Waals surface area contributed by atoms with Gasteiger partial charge in [-0.1, -0.05) is 65.3 Å². The molecule has 0 aliphatic rings. The van der Waals surface area contributed by atoms with Crippen LogP contribution in [0, 0.1) is 7.43 Å². The Morgan fingerprint density at radius 3 is 1.44 bits per heavy atom. The maximum absolute atomic E-state index is 13.0. The van der Waals surface area contributed by atoms with Crippen LogP contribution in [0.3, 0.4) is 0 Å². The molecule has 0 radical (unpaired) electrons. The number of anilines is 2. The number of pyridine rings is 2. The second kappa shape index (κ2) is 21.1. The quantitative estimate of drug-likeness (QED) is 0.0968. The first kappa shape index (κ1) is 52.3. The molecule has 16 nitrogen and oxygen atoms in total. The molecule has 0 aliphatic carbocycles. The third kappa shape index (κ3) is 11.7. The van der Waals surface area contributed by atoms with Gasteiger partial charge in [0.1, 0.15) is 11.0 Å². The number of hydrogen-bond acceptors (Lipinski definition) is 12. The molecule has 4 heterocycles. The van der Waals surface area contributed by atoms with E-state index < -0.39 is 25.6 Å². The zero-order valence-electron chi connectivity index (χ0n) is 33.3. The summed E-state index contributed by atoms with van der Waals surface area (Å²) in [5, 5.41) is 27.1. The van der Waals surface area contributed by atoms with Gasteiger partial charge < -0.3 is 29.5 Å². The van der Waals surface area contributed by atoms with Gasteiger partial charge in [-0.25, -0.2) is 36.2 Å². The van der Waals surface area contributed by atoms with Gasteiger partial charge in [-0.05, 0) is 111 Å². The van der Waals surface area contributed by atoms with Gasteiger partial charge in [0.2, 0.25) is 11.3 Å². The average molecular weight is 1010 g/mol. The van der Waals surface area contributed by atoms with Crippen molar-refractivity contribution in [3.05, 3.63) is 150 Å². The number of aromatic nitrogens is 8. The van der Waals surface area contributed by atoms with Crippen molar-refractivity contribution in [3.8, 4) is 11.4 Å². The minimum atomic E-state index is -3.92. The number of nitrogens with one attached hydrogen (secondary N) is 2. The molecule has 3 N–H and O–H groups in total. The van der Waals surface area contributed by atoms with E-state index in [-0.39, 0.29) is 81.8 Å². The number of benzene rings is 4. The second-order valence-corrected chi connectivity index (χ2v) is 17.6. The predicted octanol–water partition coefficient (Wildman–Crippen LogP) is 4.68. The van der Waals surface area contributed by atoms with Crippen molar-refractivity contribution in [1.29, 1.82) is 0 Å². The Hall–Kier alpha value is -5.06. The van der Waals surface area contributed by atoms with Gasteiger partial charge in [0, 0.05) is 28.0 Å². The summed E-state index contributed by atoms with van der Waals surface area (Å²) in [7, 11) is -7.82. The molecule has 63 heavy (non-hydrogen) atoms. The van der Waals surface area contributed by atoms with Crippen molar-refractivity contribution in [2.45, 2.75) is 43.6 Å². The van der Waals surface area contributed by atoms with Crippen molar-refractivity contribution in [3.63, 3.8) is 0 Å². The zero-order valence-corrected chi connectivity index (χ0v) is 39.4. The van der Waals surface area contributed by atoms with Crippen LogP contribution in [0.5, 0.6) is 0 Å². The summed E-state index contributed by atoms with van der Waals surface area (Å²) < 4.78 is 59.7. The molecule has 0 saturated carbocycles. The number of sulfonamides is 2. The minimum absolute atomic E-state index is 0. The molecule has 324 valence electrons. The van der Waals surface area contributed by atoms with Crippen molar-refractivity contribution < 1.29 is 43.7 Å². The van der Waals surface area contributed by atoms with E-state index >= 15 is 0 Å². The molecule has 22 heteroatoms. The van der Waals surface area contributed by atoms with E-state index in [1.165, 1.54) is 52.7 Å². The van der Waals surface area contributed by atoms with Crippen LogP contribution in [0.4, 0.5) is 11.4 Å². The molecule has 0 spiro atoms. The number of nitrogens with zero attached hydrogens (tertiary/aromatic N) is 8. The van der Waals surface area contributed by atoms with E-state index in [1.807, 2.05) is 0 Å². The summed E-state index contributed by atoms with van der Waals surface area (Å²) in [6, 6.07) is 28.2. The van der Waals surface area contributed by atoms with E-state index in [1.54, 1.807) is 99.0 Å². The first-order valence-electron chi connectivity index (χ1n) is 17.4. The fourth-order valence-electron chi connectivity index (χ4n) is 5.74. The number of Topliss-reactive ketones (excluding diaryl/α,β-unsaturated/α-hetero) is 1. The van der Waals surface area contributed by atoms with Crippen LogP contribution in [0.1, 0.15) is 44.1 Å². The fraction of sp³-hybridized carbons (Fsp3) is 0.122. The Bertz CT molecular complexity index is 3100. The van der Waals surface area contributed by atoms with Crippen LogP contribution in [0.25, 0.3) is 33.7 Å². The molecule has 0 unspecified atom stereocenters. The number of rotatable bonds is 10. The summed E-state index contributed by atoms with van der Waals surface area (Å²) >= 11 is 12.3. The van der Waals surface area contributed by atoms with E-state index in [0.717, 1.165) is 0 Å². The molecule has 0 amide bonds. The maximum Gasteiger partial charge on any atom is 2.00 e. The van der Waals surface area contributed by atoms with Gasteiger partial charge in [0.25, 0.3) is 20.0 Å². The van der Waals surface area contributed by atoms with Crippen LogP contribution in [0.15, 0.2) is 131 Å². The first-order chi connectivity index (χ1) is 28.0. The van der Waals surface area contributed by atoms with Crippen molar-refractivity contribution >= 4 is 106 Å². The Morgan fingerprint density at radius 2 is 1.06 bits per heavy atom. The van der Waals surface area contributed by atoms with Gasteiger partial charge in [-0.3, -0.25) is 14.2 Å². The Labute approximate surface area is 401 Å². The Balaban J connectivity index is 0.000000315. The SMILES string of the molecule is C.CC(=O)c1ccc(S(=O)(=O)Nc2ccc(Cl)cc2-n2nnc3ncccc32)cc1.CC(C)(O)c1ccc(S(=O)(=O)Nc2ccc(Cl)cc2-n2nnc3ncccc32)cc1.[Br-].[CH3-].[Mg+2]. The van der Waals surface area contributed by atoms with Gasteiger partial charge in [0.15, 0.2) is 5.78 Å². The third-order valence-electron chi connectivity index (χ3n) is 8.75. The Kier molecular flexibility index (Phi) is 17.5. The largest absolute Gasteiger partial charge is 2.00 e. The van der Waals surface area contributed by atoms with Crippen molar-refractivity contribution in [1.82, 2.24) is 40.0 Å². The minimum Gasteiger partial charge on any atom is -1.00 e. The zero-order chi connectivity index (χ0) is 42.1. The van der Waals surface area contributed by atoms with Crippen molar-refractivity contribution in [2.75, 3.05) is 9.44 Å². The Morgan fingerprint density at radius 1 is 0.667 bits per heavy atom. The second-order valence-electron chi connectivity index (χ2n) is 13.4. The smallest absolute Gasteiger partial charge is 1.00 e. The summed E-state index contributed by atoms with van der Waals surface area (Å²) in [6.07, 6.45) is 3.19. The number of carbonyl (C=O) groups excluding carboxylic acids is 1. The number of hydrogen-bond donors (Lipinski definition) is 3. The van der Waals surface area contributed by atoms with Crippen LogP contribution in [-0.4, -0.2) is 90.7 Å². The predicted molar refractivity (Wildman–Crippen MR) is 242 cm³/mol. The summed E-state index contributed by atoms with van der Waals surface area (Å²) in [5.74, 6) is -0.145. The topological polar surface area (TPSA) is 217 Å². The summed E-state index contributed by atoms with van der Waals surface area (Å²) in [5.41, 5.74) is 3.37. The summed E-state index contributed by atoms with van der Waals surface area (Å²) in [6.45, 7) is 4.68. The molecule has 4 aromatic heterocycles. The van der Waals surface area contributed by atoms with Gasteiger partial charge in [-0.2, -0.15) is 0 Å². The van der Waals surface area contributed by atoms with E-state index in [4.69, 9.17) is 23.2 Å². The molecule has 0 aliphatic heterocycles. The third-order valence-corrected chi connectivity index (χ3v) is 12.0. The van der Waals surface area contributed by atoms with Crippen LogP contribution in [-0.2, 0) is 25.6 Å². The van der Waals surface area contributed by atoms with Crippen LogP contribution >= 0.6 is 23.2 Å². The average Bonchev–Trinajstić information content (AvgIpc) is 3.84. The number of halogens is 3. The standard InChI is InChI=1S/C20H18ClN5O3S.C19H14ClN5O3S.CH4.CH3.BrH.Mg/c1-20(2,27)13-5-8-15(9-6-13)30(28,29)24-16-10-7-14(21)12-18(16)26-17-4-3-11-22-19(17)23-25-26;1-12(26)13-4-7-15(8-5-13)29(27,28)23-16-9-6-14(20)11-18(16)25-17-3-2-10-21-19(17)22-24-25;;;;/h3-12,24,27H,1-2H3;2-11,23H,1H3;1H4;1H3;1H;/q;;;-1;;+2/p-1. The number of fused-ring (bicyclic) bond motifs is 2. The van der Waals surface area contributed by atoms with Gasteiger partial charge >= 0.3 is 23.1 Å². The van der Waals surface area contributed by atoms with E-state index in [0.29, 0.717) is 54.9 Å². The van der Waals surface area contributed by atoms with Crippen molar-refractivity contribution in [2.24, 2.45) is 0 Å². The molecule has 0 fully saturated rings. The van der Waals surface area contributed by atoms with E-state index in [9.17, 15) is 26.7 Å². The number of aliphatic hydroxyl groups is 1. The van der Waals surface area contributed by atoms with Gasteiger partial charge in [-0.15, -0.1) is 10.2 Å². The molecule has 8 aromatic rings. The number of ketones is 1. The molecule has 4 aromatic carbocycles. The molecule has 0 saturated heterocycles. The number of carbonyl (C=O) groups is 1. The molecule has 0 atom stereocenters. The molecule has 8 rings (SSSR count). The maximum atomic E-state index is 13.0. The molecular formula is C41H39BrCl2MgN10O6S2. The monoisotopic (exact) mass is 1000 g/mol.